The third kappa shape index (κ3) is 3.33. The smallest absolute Gasteiger partial charge is 0.247 e. The van der Waals surface area contributed by atoms with Gasteiger partial charge in [0.2, 0.25) is 17.7 Å². The lowest BCUT2D eigenvalue weighted by Crippen LogP contribution is -2.57. The number of carbonyl (C=O) groups is 3. The molecule has 2 saturated heterocycles. The van der Waals surface area contributed by atoms with E-state index in [1.165, 1.54) is 4.90 Å². The van der Waals surface area contributed by atoms with Crippen molar-refractivity contribution in [3.05, 3.63) is 24.3 Å². The molecule has 31 heavy (non-hydrogen) atoms. The van der Waals surface area contributed by atoms with Crippen molar-refractivity contribution in [1.82, 2.24) is 14.7 Å². The van der Waals surface area contributed by atoms with Crippen LogP contribution in [0.25, 0.3) is 0 Å². The van der Waals surface area contributed by atoms with E-state index >= 15 is 0 Å². The number of carbonyl (C=O) groups excluding carboxylic acids is 3. The van der Waals surface area contributed by atoms with Crippen molar-refractivity contribution in [3.8, 4) is 0 Å². The first-order valence-corrected chi connectivity index (χ1v) is 12.1. The Labute approximate surface area is 188 Å². The predicted molar refractivity (Wildman–Crippen MR) is 120 cm³/mol. The van der Waals surface area contributed by atoms with Gasteiger partial charge in [-0.1, -0.05) is 31.2 Å². The number of rotatable bonds is 4. The highest BCUT2D eigenvalue weighted by atomic mass is 32.2. The van der Waals surface area contributed by atoms with Crippen LogP contribution in [-0.4, -0.2) is 91.9 Å². The number of aliphatic hydroxyl groups excluding tert-OH is 1. The third-order valence-corrected chi connectivity index (χ3v) is 8.63. The van der Waals surface area contributed by atoms with Gasteiger partial charge in [-0.15, -0.1) is 11.8 Å². The number of fused-ring (bicyclic) bond motifs is 2. The SMILES string of the molecule is CCCN1CC=C[C@H]2S[C@]34C=CCN(C(C)(C)C)C(=O)C3N(CCO)C(=O)[C@@H]4[C@H]2C1=O. The molecule has 0 bridgehead atoms. The van der Waals surface area contributed by atoms with Gasteiger partial charge in [0.15, 0.2) is 0 Å². The highest BCUT2D eigenvalue weighted by Gasteiger charge is 2.71. The Kier molecular flexibility index (Phi) is 5.75. The minimum absolute atomic E-state index is 0.00180. The molecule has 0 aromatic carbocycles. The van der Waals surface area contributed by atoms with Gasteiger partial charge in [0.05, 0.1) is 23.2 Å². The molecule has 4 rings (SSSR count). The Morgan fingerprint density at radius 1 is 1.10 bits per heavy atom. The van der Waals surface area contributed by atoms with Crippen LogP contribution < -0.4 is 0 Å². The minimum Gasteiger partial charge on any atom is -0.395 e. The van der Waals surface area contributed by atoms with Gasteiger partial charge in [-0.25, -0.2) is 0 Å². The van der Waals surface area contributed by atoms with Crippen LogP contribution in [0.5, 0.6) is 0 Å². The topological polar surface area (TPSA) is 81.2 Å². The first kappa shape index (κ1) is 22.4. The van der Waals surface area contributed by atoms with Gasteiger partial charge >= 0.3 is 0 Å². The van der Waals surface area contributed by atoms with E-state index in [1.54, 1.807) is 16.7 Å². The molecule has 2 fully saturated rings. The Morgan fingerprint density at radius 3 is 2.48 bits per heavy atom. The molecule has 3 amide bonds. The van der Waals surface area contributed by atoms with Crippen LogP contribution >= 0.6 is 11.8 Å². The van der Waals surface area contributed by atoms with E-state index in [-0.39, 0.29) is 36.1 Å². The summed E-state index contributed by atoms with van der Waals surface area (Å²) in [6.07, 6.45) is 8.94. The molecule has 8 heteroatoms. The average Bonchev–Trinajstić information content (AvgIpc) is 2.99. The number of likely N-dealkylation sites (tertiary alicyclic amines) is 1. The van der Waals surface area contributed by atoms with E-state index in [4.69, 9.17) is 0 Å². The van der Waals surface area contributed by atoms with Crippen molar-refractivity contribution in [2.45, 2.75) is 55.7 Å². The molecule has 170 valence electrons. The summed E-state index contributed by atoms with van der Waals surface area (Å²) in [5.41, 5.74) is -0.403. The maximum absolute atomic E-state index is 13.8. The first-order chi connectivity index (χ1) is 14.7. The third-order valence-electron chi connectivity index (χ3n) is 6.89. The van der Waals surface area contributed by atoms with Gasteiger partial charge in [0.25, 0.3) is 0 Å². The van der Waals surface area contributed by atoms with Crippen LogP contribution in [0.15, 0.2) is 24.3 Å². The van der Waals surface area contributed by atoms with E-state index in [0.717, 1.165) is 6.42 Å². The standard InChI is InChI=1S/C23H33N3O4S/c1-5-10-24-11-6-8-15-16(19(24)28)17-20(29)25(13-14-27)18-21(30)26(22(2,3)4)12-7-9-23(17,18)31-15/h6-9,15-18,27H,5,10-14H2,1-4H3/t15-,16+,17+,18?,23+/m1/s1. The van der Waals surface area contributed by atoms with Gasteiger partial charge in [-0.05, 0) is 27.2 Å². The number of aliphatic hydroxyl groups is 1. The number of hydrogen-bond acceptors (Lipinski definition) is 5. The summed E-state index contributed by atoms with van der Waals surface area (Å²) in [6.45, 7) is 9.57. The van der Waals surface area contributed by atoms with Crippen molar-refractivity contribution >= 4 is 29.5 Å². The molecular weight excluding hydrogens is 414 g/mol. The number of β-amino-alcohol motifs (C(OH)–C–C–N with tert-alkyl or cyclic N) is 1. The molecule has 7 nitrogen and oxygen atoms in total. The monoisotopic (exact) mass is 447 g/mol. The van der Waals surface area contributed by atoms with Crippen molar-refractivity contribution in [1.29, 1.82) is 0 Å². The highest BCUT2D eigenvalue weighted by molar-refractivity contribution is 8.02. The molecule has 4 aliphatic rings. The predicted octanol–water partition coefficient (Wildman–Crippen LogP) is 1.28. The molecule has 0 aromatic rings. The average molecular weight is 448 g/mol. The second kappa shape index (κ2) is 7.96. The summed E-state index contributed by atoms with van der Waals surface area (Å²) < 4.78 is -0.798. The quantitative estimate of drug-likeness (QED) is 0.657. The summed E-state index contributed by atoms with van der Waals surface area (Å²) in [4.78, 5) is 46.3. The van der Waals surface area contributed by atoms with Gasteiger partial charge in [0.1, 0.15) is 6.04 Å². The Bertz CT molecular complexity index is 835. The molecule has 0 saturated carbocycles. The number of nitrogens with zero attached hydrogens (tertiary/aromatic N) is 3. The fourth-order valence-electron chi connectivity index (χ4n) is 5.61. The van der Waals surface area contributed by atoms with Gasteiger partial charge < -0.3 is 19.8 Å². The minimum atomic E-state index is -0.798. The lowest BCUT2D eigenvalue weighted by Gasteiger charge is -2.40. The van der Waals surface area contributed by atoms with Gasteiger partial charge in [0, 0.05) is 37.0 Å². The molecule has 1 unspecified atom stereocenters. The lowest BCUT2D eigenvalue weighted by atomic mass is 9.78. The zero-order valence-corrected chi connectivity index (χ0v) is 19.6. The van der Waals surface area contributed by atoms with Crippen LogP contribution in [0.4, 0.5) is 0 Å². The summed E-state index contributed by atoms with van der Waals surface area (Å²) in [6, 6.07) is -0.715. The van der Waals surface area contributed by atoms with Crippen LogP contribution in [0.1, 0.15) is 34.1 Å². The van der Waals surface area contributed by atoms with E-state index in [1.807, 2.05) is 50.8 Å². The van der Waals surface area contributed by atoms with Gasteiger partial charge in [-0.2, -0.15) is 0 Å². The van der Waals surface area contributed by atoms with E-state index in [0.29, 0.717) is 19.6 Å². The fraction of sp³-hybridized carbons (Fsp3) is 0.696. The summed E-state index contributed by atoms with van der Waals surface area (Å²) in [7, 11) is 0. The second-order valence-electron chi connectivity index (χ2n) is 9.83. The Balaban J connectivity index is 1.82. The molecule has 1 N–H and O–H groups in total. The van der Waals surface area contributed by atoms with Crippen molar-refractivity contribution in [2.24, 2.45) is 11.8 Å². The normalized spacial score (nSPS) is 35.3. The van der Waals surface area contributed by atoms with E-state index in [2.05, 4.69) is 6.08 Å². The van der Waals surface area contributed by atoms with Crippen LogP contribution in [0, 0.1) is 11.8 Å². The van der Waals surface area contributed by atoms with Crippen molar-refractivity contribution in [3.63, 3.8) is 0 Å². The van der Waals surface area contributed by atoms with Crippen molar-refractivity contribution < 1.29 is 19.5 Å². The molecule has 5 atom stereocenters. The lowest BCUT2D eigenvalue weighted by molar-refractivity contribution is -0.146. The molecule has 0 radical (unpaired) electrons. The number of thioether (sulfide) groups is 1. The molecule has 0 aromatic heterocycles. The van der Waals surface area contributed by atoms with Crippen LogP contribution in [0.2, 0.25) is 0 Å². The Morgan fingerprint density at radius 2 is 1.84 bits per heavy atom. The van der Waals surface area contributed by atoms with Crippen molar-refractivity contribution in [2.75, 3.05) is 32.8 Å². The molecular formula is C23H33N3O4S. The summed E-state index contributed by atoms with van der Waals surface area (Å²) in [5, 5.41) is 9.55. The Hall–Kier alpha value is -1.80. The van der Waals surface area contributed by atoms with Gasteiger partial charge in [-0.3, -0.25) is 14.4 Å². The summed E-state index contributed by atoms with van der Waals surface area (Å²) >= 11 is 1.58. The summed E-state index contributed by atoms with van der Waals surface area (Å²) in [5.74, 6) is -1.39. The maximum atomic E-state index is 13.8. The number of hydrogen-bond donors (Lipinski definition) is 1. The fourth-order valence-corrected chi connectivity index (χ4v) is 7.62. The van der Waals surface area contributed by atoms with E-state index < -0.39 is 28.2 Å². The zero-order chi connectivity index (χ0) is 22.6. The molecule has 4 aliphatic heterocycles. The van der Waals surface area contributed by atoms with Crippen LogP contribution in [0.3, 0.4) is 0 Å². The van der Waals surface area contributed by atoms with Crippen LogP contribution in [-0.2, 0) is 14.4 Å². The molecule has 1 spiro atoms. The number of amides is 3. The second-order valence-corrected chi connectivity index (χ2v) is 11.3. The first-order valence-electron chi connectivity index (χ1n) is 11.2. The molecule has 4 heterocycles. The maximum Gasteiger partial charge on any atom is 0.247 e. The van der Waals surface area contributed by atoms with E-state index in [9.17, 15) is 19.5 Å². The molecule has 0 aliphatic carbocycles. The largest absolute Gasteiger partial charge is 0.395 e. The zero-order valence-electron chi connectivity index (χ0n) is 18.8. The highest BCUT2D eigenvalue weighted by Crippen LogP contribution is 2.61.